The highest BCUT2D eigenvalue weighted by Crippen LogP contribution is 2.42. The minimum atomic E-state index is -4.73. The number of carbonyl (C=O) groups excluding carboxylic acids is 1. The Hall–Kier alpha value is -5.63. The van der Waals surface area contributed by atoms with Gasteiger partial charge in [0, 0.05) is 35.4 Å². The molecule has 230 valence electrons. The van der Waals surface area contributed by atoms with Gasteiger partial charge in [-0.15, -0.1) is 0 Å². The lowest BCUT2D eigenvalue weighted by Crippen LogP contribution is -2.21. The molecule has 5 aromatic rings. The van der Waals surface area contributed by atoms with Crippen LogP contribution in [0.1, 0.15) is 15.9 Å². The van der Waals surface area contributed by atoms with Gasteiger partial charge in [-0.1, -0.05) is 43.5 Å². The molecule has 0 radical (unpaired) electrons. The van der Waals surface area contributed by atoms with E-state index in [1.54, 1.807) is 55.6 Å². The zero-order valence-corrected chi connectivity index (χ0v) is 25.6. The summed E-state index contributed by atoms with van der Waals surface area (Å²) in [6.07, 6.45) is 4.73. The first-order chi connectivity index (χ1) is 22.0. The van der Waals surface area contributed by atoms with Crippen LogP contribution in [0.4, 0.5) is 29.0 Å². The Morgan fingerprint density at radius 1 is 0.913 bits per heavy atom. The first-order valence-corrected chi connectivity index (χ1v) is 15.4. The van der Waals surface area contributed by atoms with Gasteiger partial charge >= 0.3 is 0 Å². The van der Waals surface area contributed by atoms with Crippen molar-refractivity contribution in [2.45, 2.75) is 4.90 Å². The van der Waals surface area contributed by atoms with E-state index in [1.807, 2.05) is 0 Å². The molecule has 2 heterocycles. The number of allylic oxidation sites excluding steroid dienone is 3. The highest BCUT2D eigenvalue weighted by atomic mass is 35.5. The average Bonchev–Trinajstić information content (AvgIpc) is 3.01. The minimum Gasteiger partial charge on any atom is -0.354 e. The first kappa shape index (κ1) is 30.4. The topological polar surface area (TPSA) is 168 Å². The van der Waals surface area contributed by atoms with Crippen LogP contribution in [-0.4, -0.2) is 38.3 Å². The van der Waals surface area contributed by atoms with Crippen LogP contribution < -0.4 is 21.5 Å². The molecule has 14 heteroatoms. The number of hydrogen-bond donors (Lipinski definition) is 4. The fraction of sp³-hybridized carbons (Fsp3) is 0.0312. The highest BCUT2D eigenvalue weighted by molar-refractivity contribution is 7.86. The van der Waals surface area contributed by atoms with Crippen molar-refractivity contribution in [2.75, 3.05) is 16.0 Å². The van der Waals surface area contributed by atoms with Gasteiger partial charge in [-0.2, -0.15) is 23.4 Å². The Morgan fingerprint density at radius 2 is 1.65 bits per heavy atom. The van der Waals surface area contributed by atoms with Crippen LogP contribution in [0.25, 0.3) is 22.0 Å². The van der Waals surface area contributed by atoms with Gasteiger partial charge in [0.25, 0.3) is 15.7 Å². The maximum Gasteiger partial charge on any atom is 0.296 e. The van der Waals surface area contributed by atoms with Gasteiger partial charge in [-0.05, 0) is 65.2 Å². The molecule has 0 unspecified atom stereocenters. The van der Waals surface area contributed by atoms with Gasteiger partial charge in [0.05, 0.1) is 22.5 Å². The third-order valence-electron chi connectivity index (χ3n) is 7.27. The molecular formula is C32H24ClN7O5S. The van der Waals surface area contributed by atoms with Crippen molar-refractivity contribution < 1.29 is 17.8 Å². The van der Waals surface area contributed by atoms with Crippen LogP contribution >= 0.6 is 11.6 Å². The van der Waals surface area contributed by atoms with E-state index >= 15 is 0 Å². The van der Waals surface area contributed by atoms with Crippen LogP contribution in [-0.2, 0) is 17.2 Å². The molecule has 1 aliphatic carbocycles. The summed E-state index contributed by atoms with van der Waals surface area (Å²) in [5.74, 6) is -0.197. The molecule has 0 saturated heterocycles. The number of fused-ring (bicyclic) bond motifs is 2. The van der Waals surface area contributed by atoms with Gasteiger partial charge in [0.15, 0.2) is 5.78 Å². The van der Waals surface area contributed by atoms with Crippen molar-refractivity contribution in [1.82, 2.24) is 19.5 Å². The van der Waals surface area contributed by atoms with Crippen molar-refractivity contribution in [2.24, 2.45) is 7.05 Å². The maximum absolute atomic E-state index is 13.9. The van der Waals surface area contributed by atoms with Crippen LogP contribution in [0.5, 0.6) is 0 Å². The predicted octanol–water partition coefficient (Wildman–Crippen LogP) is 5.99. The zero-order valence-electron chi connectivity index (χ0n) is 24.1. The van der Waals surface area contributed by atoms with Crippen molar-refractivity contribution in [1.29, 1.82) is 0 Å². The Balaban J connectivity index is 1.46. The number of aryl methyl sites for hydroxylation is 1. The number of aromatic nitrogens is 4. The largest absolute Gasteiger partial charge is 0.354 e. The third kappa shape index (κ3) is 5.54. The molecular weight excluding hydrogens is 630 g/mol. The third-order valence-corrected chi connectivity index (χ3v) is 8.35. The van der Waals surface area contributed by atoms with Gasteiger partial charge < -0.3 is 20.5 Å². The van der Waals surface area contributed by atoms with E-state index in [-0.39, 0.29) is 45.5 Å². The molecule has 0 aliphatic heterocycles. The van der Waals surface area contributed by atoms with E-state index in [4.69, 9.17) is 11.6 Å². The summed E-state index contributed by atoms with van der Waals surface area (Å²) in [6.45, 7) is 7.35. The van der Waals surface area contributed by atoms with Crippen LogP contribution in [0, 0.1) is 0 Å². The SMILES string of the molecule is C=C/C=C(\C=C)Nc1nc(Cl)nc(Nc2ccc(S(=O)(=O)O)c(Nc3ccc4c5c(cc(=O)n4C)-c4ccccc4C(=O)c35)c2)n1. The minimum absolute atomic E-state index is 0.0215. The van der Waals surface area contributed by atoms with E-state index in [0.717, 1.165) is 0 Å². The monoisotopic (exact) mass is 653 g/mol. The summed E-state index contributed by atoms with van der Waals surface area (Å²) < 4.78 is 36.4. The zero-order chi connectivity index (χ0) is 32.7. The fourth-order valence-corrected chi connectivity index (χ4v) is 6.03. The molecule has 0 atom stereocenters. The molecule has 0 fully saturated rings. The van der Waals surface area contributed by atoms with Crippen LogP contribution in [0.2, 0.25) is 5.28 Å². The molecule has 0 bridgehead atoms. The van der Waals surface area contributed by atoms with E-state index < -0.39 is 15.0 Å². The van der Waals surface area contributed by atoms with Crippen molar-refractivity contribution in [3.8, 4) is 11.1 Å². The van der Waals surface area contributed by atoms with Gasteiger partial charge in [0.1, 0.15) is 4.90 Å². The number of nitrogens with zero attached hydrogens (tertiary/aromatic N) is 4. The highest BCUT2D eigenvalue weighted by Gasteiger charge is 2.29. The number of nitrogens with one attached hydrogen (secondary N) is 3. The Kier molecular flexibility index (Phi) is 7.74. The lowest BCUT2D eigenvalue weighted by atomic mass is 9.83. The maximum atomic E-state index is 13.9. The fourth-order valence-electron chi connectivity index (χ4n) is 5.24. The molecule has 12 nitrogen and oxygen atoms in total. The normalized spacial score (nSPS) is 12.4. The van der Waals surface area contributed by atoms with Gasteiger partial charge in [-0.25, -0.2) is 0 Å². The molecule has 0 saturated carbocycles. The number of benzene rings is 3. The molecule has 0 spiro atoms. The second-order valence-corrected chi connectivity index (χ2v) is 11.8. The second kappa shape index (κ2) is 11.7. The van der Waals surface area contributed by atoms with Gasteiger partial charge in [-0.3, -0.25) is 14.1 Å². The molecule has 3 aromatic carbocycles. The molecule has 4 N–H and O–H groups in total. The number of anilines is 5. The van der Waals surface area contributed by atoms with E-state index in [1.165, 1.54) is 34.9 Å². The molecule has 0 amide bonds. The van der Waals surface area contributed by atoms with Gasteiger partial charge in [0.2, 0.25) is 17.2 Å². The van der Waals surface area contributed by atoms with Crippen LogP contribution in [0.3, 0.4) is 0 Å². The summed E-state index contributed by atoms with van der Waals surface area (Å²) >= 11 is 6.13. The summed E-state index contributed by atoms with van der Waals surface area (Å²) in [6, 6.07) is 15.7. The second-order valence-electron chi connectivity index (χ2n) is 10.1. The summed E-state index contributed by atoms with van der Waals surface area (Å²) in [5.41, 5.74) is 3.17. The molecule has 2 aromatic heterocycles. The number of halogens is 1. The number of carbonyl (C=O) groups is 1. The van der Waals surface area contributed by atoms with E-state index in [0.29, 0.717) is 39.0 Å². The van der Waals surface area contributed by atoms with Crippen molar-refractivity contribution in [3.05, 3.63) is 125 Å². The average molecular weight is 654 g/mol. The molecule has 1 aliphatic rings. The van der Waals surface area contributed by atoms with Crippen molar-refractivity contribution >= 4 is 67.4 Å². The molecule has 46 heavy (non-hydrogen) atoms. The smallest absolute Gasteiger partial charge is 0.296 e. The van der Waals surface area contributed by atoms with E-state index in [2.05, 4.69) is 44.1 Å². The lowest BCUT2D eigenvalue weighted by Gasteiger charge is -2.24. The quantitative estimate of drug-likeness (QED) is 0.107. The van der Waals surface area contributed by atoms with E-state index in [9.17, 15) is 22.6 Å². The summed E-state index contributed by atoms with van der Waals surface area (Å²) in [5, 5.41) is 9.32. The Morgan fingerprint density at radius 3 is 2.37 bits per heavy atom. The molecule has 6 rings (SSSR count). The van der Waals surface area contributed by atoms with Crippen LogP contribution in [0.15, 0.2) is 107 Å². The number of pyridine rings is 1. The lowest BCUT2D eigenvalue weighted by molar-refractivity contribution is 0.104. The Labute approximate surface area is 267 Å². The standard InChI is InChI=1S/C32H24ClN7O5S/c1-4-8-17(5-2)34-31-37-30(33)38-32(39-31)35-18-11-14-25(46(43,44)45)23(15-18)36-22-12-13-24-27-21(16-26(41)40(24)3)19-9-6-7-10-20(19)29(42)28(22)27/h4-16,36H,1-2H2,3H3,(H,43,44,45)(H2,34,35,37,38,39)/b17-8+. The summed E-state index contributed by atoms with van der Waals surface area (Å²) in [7, 11) is -3.12. The predicted molar refractivity (Wildman–Crippen MR) is 178 cm³/mol. The first-order valence-electron chi connectivity index (χ1n) is 13.6. The number of ketones is 1. The summed E-state index contributed by atoms with van der Waals surface area (Å²) in [4.78, 5) is 38.7. The Bertz CT molecular complexity index is 2330. The number of rotatable bonds is 9. The van der Waals surface area contributed by atoms with Crippen molar-refractivity contribution in [3.63, 3.8) is 0 Å². The number of hydrogen-bond acceptors (Lipinski definition) is 10.